The highest BCUT2D eigenvalue weighted by Gasteiger charge is 2.33. The first-order valence-electron chi connectivity index (χ1n) is 6.39. The van der Waals surface area contributed by atoms with E-state index >= 15 is 0 Å². The zero-order valence-electron chi connectivity index (χ0n) is 10.2. The van der Waals surface area contributed by atoms with E-state index in [1.54, 1.807) is 0 Å². The highest BCUT2D eigenvalue weighted by atomic mass is 16.4. The average Bonchev–Trinajstić information content (AvgIpc) is 2.77. The van der Waals surface area contributed by atoms with Gasteiger partial charge in [0, 0.05) is 13.0 Å². The molecule has 0 aromatic heterocycles. The van der Waals surface area contributed by atoms with E-state index in [1.807, 2.05) is 0 Å². The summed E-state index contributed by atoms with van der Waals surface area (Å²) >= 11 is 0. The first-order valence-corrected chi connectivity index (χ1v) is 6.39. The average molecular weight is 242 g/mol. The lowest BCUT2D eigenvalue weighted by Crippen LogP contribution is -2.40. The number of rotatable bonds is 7. The summed E-state index contributed by atoms with van der Waals surface area (Å²) in [6, 6.07) is -0.591. The van der Waals surface area contributed by atoms with Gasteiger partial charge in [-0.3, -0.25) is 4.79 Å². The summed E-state index contributed by atoms with van der Waals surface area (Å²) in [4.78, 5) is 24.3. The van der Waals surface area contributed by atoms with Crippen LogP contribution in [0, 0.1) is 0 Å². The fourth-order valence-electron chi connectivity index (χ4n) is 2.24. The summed E-state index contributed by atoms with van der Waals surface area (Å²) in [5, 5.41) is 8.97. The lowest BCUT2D eigenvalue weighted by molar-refractivity contribution is -0.148. The van der Waals surface area contributed by atoms with Gasteiger partial charge in [-0.1, -0.05) is 12.8 Å². The molecule has 0 aliphatic carbocycles. The van der Waals surface area contributed by atoms with Crippen molar-refractivity contribution in [1.29, 1.82) is 0 Å². The Balaban J connectivity index is 2.25. The summed E-state index contributed by atoms with van der Waals surface area (Å²) in [5.74, 6) is -0.887. The summed E-state index contributed by atoms with van der Waals surface area (Å²) in [5.41, 5.74) is 5.38. The normalized spacial score (nSPS) is 19.6. The second-order valence-corrected chi connectivity index (χ2v) is 4.54. The van der Waals surface area contributed by atoms with E-state index in [0.29, 0.717) is 25.9 Å². The number of hydrogen-bond donors (Lipinski definition) is 2. The molecule has 1 fully saturated rings. The standard InChI is InChI=1S/C12H22N2O3/c13-8-4-2-1-3-7-11(15)14-9-5-6-10(14)12(16)17/h10H,1-9,13H2,(H,16,17)/t10-/m0/s1. The van der Waals surface area contributed by atoms with Crippen LogP contribution >= 0.6 is 0 Å². The molecule has 0 spiro atoms. The molecule has 1 heterocycles. The Kier molecular flexibility index (Phi) is 5.97. The maximum Gasteiger partial charge on any atom is 0.326 e. The second-order valence-electron chi connectivity index (χ2n) is 4.54. The molecule has 0 radical (unpaired) electrons. The van der Waals surface area contributed by atoms with Gasteiger partial charge in [0.05, 0.1) is 0 Å². The Hall–Kier alpha value is -1.10. The van der Waals surface area contributed by atoms with Crippen LogP contribution in [0.15, 0.2) is 0 Å². The van der Waals surface area contributed by atoms with Gasteiger partial charge in [0.15, 0.2) is 0 Å². The highest BCUT2D eigenvalue weighted by molar-refractivity contribution is 5.84. The van der Waals surface area contributed by atoms with Crippen LogP contribution in [0.3, 0.4) is 0 Å². The number of nitrogens with zero attached hydrogens (tertiary/aromatic N) is 1. The Morgan fingerprint density at radius 2 is 1.94 bits per heavy atom. The smallest absolute Gasteiger partial charge is 0.326 e. The lowest BCUT2D eigenvalue weighted by Gasteiger charge is -2.21. The Labute approximate surface area is 102 Å². The molecular weight excluding hydrogens is 220 g/mol. The summed E-state index contributed by atoms with van der Waals surface area (Å²) in [6.07, 6.45) is 5.73. The van der Waals surface area contributed by atoms with Crippen molar-refractivity contribution in [3.05, 3.63) is 0 Å². The molecule has 5 nitrogen and oxygen atoms in total. The van der Waals surface area contributed by atoms with Gasteiger partial charge in [-0.15, -0.1) is 0 Å². The molecule has 0 aromatic rings. The van der Waals surface area contributed by atoms with E-state index in [0.717, 1.165) is 32.1 Å². The number of amides is 1. The van der Waals surface area contributed by atoms with Crippen molar-refractivity contribution < 1.29 is 14.7 Å². The topological polar surface area (TPSA) is 83.6 Å². The van der Waals surface area contributed by atoms with Gasteiger partial charge in [-0.05, 0) is 32.2 Å². The van der Waals surface area contributed by atoms with Crippen molar-refractivity contribution in [3.63, 3.8) is 0 Å². The Morgan fingerprint density at radius 3 is 2.59 bits per heavy atom. The zero-order valence-corrected chi connectivity index (χ0v) is 10.2. The molecule has 1 amide bonds. The van der Waals surface area contributed by atoms with E-state index in [2.05, 4.69) is 0 Å². The molecular formula is C12H22N2O3. The monoisotopic (exact) mass is 242 g/mol. The lowest BCUT2D eigenvalue weighted by atomic mass is 10.1. The number of likely N-dealkylation sites (tertiary alicyclic amines) is 1. The maximum absolute atomic E-state index is 11.8. The van der Waals surface area contributed by atoms with Crippen LogP contribution in [-0.4, -0.2) is 41.0 Å². The predicted molar refractivity (Wildman–Crippen MR) is 64.5 cm³/mol. The van der Waals surface area contributed by atoms with Crippen LogP contribution in [0.4, 0.5) is 0 Å². The van der Waals surface area contributed by atoms with Crippen molar-refractivity contribution in [3.8, 4) is 0 Å². The molecule has 5 heteroatoms. The van der Waals surface area contributed by atoms with Gasteiger partial charge in [0.2, 0.25) is 5.91 Å². The fraction of sp³-hybridized carbons (Fsp3) is 0.833. The molecule has 98 valence electrons. The van der Waals surface area contributed by atoms with Crippen molar-refractivity contribution >= 4 is 11.9 Å². The molecule has 0 aromatic carbocycles. The Bertz CT molecular complexity index is 268. The number of aliphatic carboxylic acids is 1. The largest absolute Gasteiger partial charge is 0.480 e. The number of carboxylic acids is 1. The molecule has 1 aliphatic rings. The number of hydrogen-bond acceptors (Lipinski definition) is 3. The third kappa shape index (κ3) is 4.34. The van der Waals surface area contributed by atoms with Gasteiger partial charge < -0.3 is 15.7 Å². The van der Waals surface area contributed by atoms with Gasteiger partial charge in [0.25, 0.3) is 0 Å². The summed E-state index contributed by atoms with van der Waals surface area (Å²) < 4.78 is 0. The predicted octanol–water partition coefficient (Wildman–Crippen LogP) is 0.971. The van der Waals surface area contributed by atoms with Gasteiger partial charge >= 0.3 is 5.97 Å². The zero-order chi connectivity index (χ0) is 12.7. The minimum atomic E-state index is -0.876. The number of nitrogens with two attached hydrogens (primary N) is 1. The molecule has 1 rings (SSSR count). The molecule has 0 unspecified atom stereocenters. The van der Waals surface area contributed by atoms with Crippen molar-refractivity contribution in [2.24, 2.45) is 5.73 Å². The van der Waals surface area contributed by atoms with Crippen LogP contribution in [0.25, 0.3) is 0 Å². The van der Waals surface area contributed by atoms with Gasteiger partial charge in [-0.2, -0.15) is 0 Å². The summed E-state index contributed by atoms with van der Waals surface area (Å²) in [7, 11) is 0. The van der Waals surface area contributed by atoms with E-state index in [9.17, 15) is 9.59 Å². The highest BCUT2D eigenvalue weighted by Crippen LogP contribution is 2.19. The molecule has 1 aliphatic heterocycles. The Morgan fingerprint density at radius 1 is 1.24 bits per heavy atom. The van der Waals surface area contributed by atoms with Crippen molar-refractivity contribution in [2.45, 2.75) is 51.0 Å². The summed E-state index contributed by atoms with van der Waals surface area (Å²) in [6.45, 7) is 1.29. The minimum absolute atomic E-state index is 0.0114. The van der Waals surface area contributed by atoms with Crippen LogP contribution in [0.2, 0.25) is 0 Å². The molecule has 0 saturated carbocycles. The molecule has 1 atom stereocenters. The number of unbranched alkanes of at least 4 members (excludes halogenated alkanes) is 3. The third-order valence-corrected chi connectivity index (χ3v) is 3.20. The molecule has 3 N–H and O–H groups in total. The van der Waals surface area contributed by atoms with Gasteiger partial charge in [0.1, 0.15) is 6.04 Å². The van der Waals surface area contributed by atoms with Gasteiger partial charge in [-0.25, -0.2) is 4.79 Å². The third-order valence-electron chi connectivity index (χ3n) is 3.20. The van der Waals surface area contributed by atoms with E-state index in [4.69, 9.17) is 10.8 Å². The molecule has 1 saturated heterocycles. The maximum atomic E-state index is 11.8. The van der Waals surface area contributed by atoms with Crippen LogP contribution in [0.1, 0.15) is 44.9 Å². The number of carbonyl (C=O) groups excluding carboxylic acids is 1. The molecule has 0 bridgehead atoms. The van der Waals surface area contributed by atoms with Crippen molar-refractivity contribution in [2.75, 3.05) is 13.1 Å². The van der Waals surface area contributed by atoms with Crippen LogP contribution in [0.5, 0.6) is 0 Å². The second kappa shape index (κ2) is 7.27. The SMILES string of the molecule is NCCCCCCC(=O)N1CCC[C@H]1C(=O)O. The van der Waals surface area contributed by atoms with Crippen LogP contribution < -0.4 is 5.73 Å². The first-order chi connectivity index (χ1) is 8.16. The van der Waals surface area contributed by atoms with E-state index in [-0.39, 0.29) is 5.91 Å². The minimum Gasteiger partial charge on any atom is -0.480 e. The van der Waals surface area contributed by atoms with E-state index in [1.165, 1.54) is 4.90 Å². The quantitative estimate of drug-likeness (QED) is 0.652. The van der Waals surface area contributed by atoms with Crippen LogP contribution in [-0.2, 0) is 9.59 Å². The van der Waals surface area contributed by atoms with E-state index < -0.39 is 12.0 Å². The fourth-order valence-corrected chi connectivity index (χ4v) is 2.24. The first kappa shape index (κ1) is 14.0. The van der Waals surface area contributed by atoms with Crippen molar-refractivity contribution in [1.82, 2.24) is 4.90 Å². The number of carbonyl (C=O) groups is 2. The number of carboxylic acid groups (broad SMARTS) is 1. The molecule has 17 heavy (non-hydrogen) atoms.